The Morgan fingerprint density at radius 2 is 1.91 bits per heavy atom. The highest BCUT2D eigenvalue weighted by atomic mass is 32.2. The molecule has 4 aromatic rings. The van der Waals surface area contributed by atoms with E-state index in [0.29, 0.717) is 23.3 Å². The second-order valence-corrected chi connectivity index (χ2v) is 11.0. The van der Waals surface area contributed by atoms with E-state index in [1.165, 1.54) is 0 Å². The van der Waals surface area contributed by atoms with Gasteiger partial charge in [0, 0.05) is 36.2 Å². The molecule has 174 valence electrons. The van der Waals surface area contributed by atoms with E-state index in [4.69, 9.17) is 4.52 Å². The van der Waals surface area contributed by atoms with Crippen molar-refractivity contribution < 1.29 is 8.73 Å². The molecule has 2 N–H and O–H groups in total. The molecule has 2 aromatic carbocycles. The van der Waals surface area contributed by atoms with Crippen molar-refractivity contribution in [1.82, 2.24) is 14.9 Å². The molecule has 0 fully saturated rings. The minimum atomic E-state index is -1.31. The molecule has 7 nitrogen and oxygen atoms in total. The first-order valence-electron chi connectivity index (χ1n) is 11.0. The van der Waals surface area contributed by atoms with E-state index in [9.17, 15) is 9.47 Å². The molecule has 0 aliphatic rings. The predicted octanol–water partition coefficient (Wildman–Crippen LogP) is 5.14. The maximum atomic E-state index is 13.1. The molecule has 0 unspecified atom stereocenters. The van der Waals surface area contributed by atoms with Crippen LogP contribution in [0, 0.1) is 11.3 Å². The molecule has 2 heterocycles. The van der Waals surface area contributed by atoms with Crippen molar-refractivity contribution in [2.75, 3.05) is 12.4 Å². The minimum absolute atomic E-state index is 0.291. The monoisotopic (exact) mass is 473 g/mol. The summed E-state index contributed by atoms with van der Waals surface area (Å²) in [4.78, 5) is 4.67. The third-order valence-electron chi connectivity index (χ3n) is 5.47. The molecule has 2 atom stereocenters. The number of fused-ring (bicyclic) bond motifs is 1. The van der Waals surface area contributed by atoms with Crippen LogP contribution in [0.2, 0.25) is 0 Å². The van der Waals surface area contributed by atoms with E-state index >= 15 is 0 Å². The smallest absolute Gasteiger partial charge is 0.168 e. The van der Waals surface area contributed by atoms with Crippen LogP contribution < -0.4 is 10.0 Å². The average Bonchev–Trinajstić information content (AvgIpc) is 3.26. The van der Waals surface area contributed by atoms with Gasteiger partial charge in [0.15, 0.2) is 5.58 Å². The molecule has 0 spiro atoms. The van der Waals surface area contributed by atoms with Gasteiger partial charge < -0.3 is 9.84 Å². The average molecular weight is 474 g/mol. The van der Waals surface area contributed by atoms with Crippen LogP contribution in [0.3, 0.4) is 0 Å². The quantitative estimate of drug-likeness (QED) is 0.385. The summed E-state index contributed by atoms with van der Waals surface area (Å²) in [6, 6.07) is 20.9. The van der Waals surface area contributed by atoms with Crippen molar-refractivity contribution in [2.45, 2.75) is 38.0 Å². The predicted molar refractivity (Wildman–Crippen MR) is 135 cm³/mol. The van der Waals surface area contributed by atoms with Crippen molar-refractivity contribution in [2.24, 2.45) is 0 Å². The first kappa shape index (κ1) is 23.6. The molecule has 0 radical (unpaired) electrons. The van der Waals surface area contributed by atoms with Gasteiger partial charge in [-0.25, -0.2) is 13.9 Å². The minimum Gasteiger partial charge on any atom is -0.373 e. The van der Waals surface area contributed by atoms with Crippen LogP contribution in [0.4, 0.5) is 5.82 Å². The van der Waals surface area contributed by atoms with E-state index in [2.05, 4.69) is 26.2 Å². The molecular formula is C26H27N5O2S. The van der Waals surface area contributed by atoms with Crippen molar-refractivity contribution >= 4 is 27.8 Å². The summed E-state index contributed by atoms with van der Waals surface area (Å²) in [5.41, 5.74) is 4.43. The molecule has 0 saturated carbocycles. The zero-order valence-electron chi connectivity index (χ0n) is 19.6. The first-order valence-corrected chi connectivity index (χ1v) is 12.2. The Bertz CT molecular complexity index is 1380. The van der Waals surface area contributed by atoms with Crippen molar-refractivity contribution in [1.29, 1.82) is 5.26 Å². The standard InChI is InChI=1S/C26H27N5O2S/c1-26(2,3)34(32)31-22(15-18-8-7-11-24(28-4)29-18)19-9-5-6-10-20(19)25-21-13-12-17(16-27)14-23(21)33-30-25/h5-14,22,31H,15H2,1-4H3,(H,28,29)/t22-,34-/m0/s1. The lowest BCUT2D eigenvalue weighted by Gasteiger charge is -2.26. The summed E-state index contributed by atoms with van der Waals surface area (Å²) in [5, 5.41) is 17.4. The number of anilines is 1. The molecular weight excluding hydrogens is 446 g/mol. The Labute approximate surface area is 201 Å². The molecule has 4 rings (SSSR count). The Balaban J connectivity index is 1.81. The van der Waals surface area contributed by atoms with E-state index < -0.39 is 15.7 Å². The van der Waals surface area contributed by atoms with Gasteiger partial charge in [0.2, 0.25) is 0 Å². The van der Waals surface area contributed by atoms with Crippen LogP contribution in [-0.4, -0.2) is 26.1 Å². The topological polar surface area (TPSA) is 104 Å². The van der Waals surface area contributed by atoms with Crippen LogP contribution in [0.25, 0.3) is 22.2 Å². The van der Waals surface area contributed by atoms with Gasteiger partial charge in [-0.1, -0.05) is 35.5 Å². The number of aromatic nitrogens is 2. The molecule has 34 heavy (non-hydrogen) atoms. The van der Waals surface area contributed by atoms with Crippen LogP contribution >= 0.6 is 0 Å². The third-order valence-corrected chi connectivity index (χ3v) is 7.09. The summed E-state index contributed by atoms with van der Waals surface area (Å²) in [6.07, 6.45) is 0.530. The van der Waals surface area contributed by atoms with Crippen LogP contribution in [0.1, 0.15) is 43.6 Å². The van der Waals surface area contributed by atoms with Crippen LogP contribution in [-0.2, 0) is 17.4 Å². The van der Waals surface area contributed by atoms with E-state index in [1.807, 2.05) is 76.3 Å². The SMILES string of the molecule is CNc1cccc(C[C@H](N[S@@](=O)C(C)(C)C)c2ccccc2-c2noc3cc(C#N)ccc23)n1. The lowest BCUT2D eigenvalue weighted by atomic mass is 9.94. The number of nitriles is 1. The van der Waals surface area contributed by atoms with Gasteiger partial charge in [-0.15, -0.1) is 0 Å². The second-order valence-electron chi connectivity index (χ2n) is 8.96. The summed E-state index contributed by atoms with van der Waals surface area (Å²) in [5.74, 6) is 0.775. The van der Waals surface area contributed by atoms with Gasteiger partial charge in [-0.2, -0.15) is 5.26 Å². The number of hydrogen-bond donors (Lipinski definition) is 2. The van der Waals surface area contributed by atoms with Gasteiger partial charge >= 0.3 is 0 Å². The highest BCUT2D eigenvalue weighted by Gasteiger charge is 2.27. The summed E-state index contributed by atoms with van der Waals surface area (Å²) < 4.78 is 21.6. The molecule has 8 heteroatoms. The van der Waals surface area contributed by atoms with E-state index in [0.717, 1.165) is 28.0 Å². The molecule has 2 aromatic heterocycles. The van der Waals surface area contributed by atoms with Crippen molar-refractivity contribution in [3.8, 4) is 17.3 Å². The highest BCUT2D eigenvalue weighted by Crippen LogP contribution is 2.35. The first-order chi connectivity index (χ1) is 16.3. The van der Waals surface area contributed by atoms with Crippen LogP contribution in [0.5, 0.6) is 0 Å². The Morgan fingerprint density at radius 3 is 2.65 bits per heavy atom. The highest BCUT2D eigenvalue weighted by molar-refractivity contribution is 7.84. The molecule has 0 aliphatic heterocycles. The number of nitrogens with one attached hydrogen (secondary N) is 2. The maximum absolute atomic E-state index is 13.1. The normalized spacial score (nSPS) is 13.4. The number of hydrogen-bond acceptors (Lipinski definition) is 6. The largest absolute Gasteiger partial charge is 0.373 e. The van der Waals surface area contributed by atoms with Gasteiger partial charge in [-0.05, 0) is 50.6 Å². The van der Waals surface area contributed by atoms with Gasteiger partial charge in [0.05, 0.1) is 33.4 Å². The fourth-order valence-electron chi connectivity index (χ4n) is 3.68. The van der Waals surface area contributed by atoms with Gasteiger partial charge in [-0.3, -0.25) is 0 Å². The number of pyridine rings is 1. The number of rotatable bonds is 7. The van der Waals surface area contributed by atoms with E-state index in [1.54, 1.807) is 12.1 Å². The Hall–Kier alpha value is -3.54. The van der Waals surface area contributed by atoms with Gasteiger partial charge in [0.1, 0.15) is 11.5 Å². The lowest BCUT2D eigenvalue weighted by molar-refractivity contribution is 0.459. The third kappa shape index (κ3) is 5.01. The van der Waals surface area contributed by atoms with E-state index in [-0.39, 0.29) is 6.04 Å². The summed E-state index contributed by atoms with van der Waals surface area (Å²) in [6.45, 7) is 5.82. The van der Waals surface area contributed by atoms with Crippen molar-refractivity contribution in [3.05, 3.63) is 77.5 Å². The summed E-state index contributed by atoms with van der Waals surface area (Å²) in [7, 11) is 0.524. The molecule has 0 aliphatic carbocycles. The maximum Gasteiger partial charge on any atom is 0.168 e. The van der Waals surface area contributed by atoms with Crippen LogP contribution in [0.15, 0.2) is 65.2 Å². The zero-order valence-corrected chi connectivity index (χ0v) is 20.4. The molecule has 0 saturated heterocycles. The fourth-order valence-corrected chi connectivity index (χ4v) is 4.50. The van der Waals surface area contributed by atoms with Gasteiger partial charge in [0.25, 0.3) is 0 Å². The van der Waals surface area contributed by atoms with Crippen molar-refractivity contribution in [3.63, 3.8) is 0 Å². The number of benzene rings is 2. The summed E-state index contributed by atoms with van der Waals surface area (Å²) >= 11 is 0. The second kappa shape index (κ2) is 9.75. The fraction of sp³-hybridized carbons (Fsp3) is 0.269. The molecule has 0 amide bonds. The Kier molecular flexibility index (Phi) is 6.77. The number of nitrogens with zero attached hydrogens (tertiary/aromatic N) is 3. The lowest BCUT2D eigenvalue weighted by Crippen LogP contribution is -2.36. The zero-order chi connectivity index (χ0) is 24.3. The molecule has 0 bridgehead atoms. The Morgan fingerprint density at radius 1 is 1.12 bits per heavy atom.